The molecule has 3 N–H and O–H groups in total. The zero-order chi connectivity index (χ0) is 52.6. The van der Waals surface area contributed by atoms with Crippen molar-refractivity contribution in [2.45, 2.75) is 40.9 Å². The summed E-state index contributed by atoms with van der Waals surface area (Å²) in [5, 5.41) is 63.5. The van der Waals surface area contributed by atoms with E-state index in [4.69, 9.17) is 29.5 Å². The van der Waals surface area contributed by atoms with Crippen molar-refractivity contribution in [1.82, 2.24) is 97.9 Å². The molecule has 0 aromatic carbocycles. The van der Waals surface area contributed by atoms with Gasteiger partial charge in [0.1, 0.15) is 55.5 Å². The van der Waals surface area contributed by atoms with Crippen LogP contribution in [-0.4, -0.2) is 178 Å². The molecule has 73 heavy (non-hydrogen) atoms. The molecular weight excluding hydrogens is 965 g/mol. The maximum absolute atomic E-state index is 11.4. The minimum absolute atomic E-state index is 0.00917. The molecule has 0 amide bonds. The molecule has 10 aromatic heterocycles. The Bertz CT molecular complexity index is 3510. The van der Waals surface area contributed by atoms with E-state index in [0.29, 0.717) is 60.0 Å². The van der Waals surface area contributed by atoms with Crippen molar-refractivity contribution < 1.29 is 58.2 Å². The first-order valence-corrected chi connectivity index (χ1v) is 20.9. The van der Waals surface area contributed by atoms with Gasteiger partial charge in [0.05, 0.1) is 52.0 Å². The number of aromatic nitrogens is 20. The van der Waals surface area contributed by atoms with Crippen LogP contribution in [0.5, 0.6) is 0 Å². The second-order valence-corrected chi connectivity index (χ2v) is 14.5. The Kier molecular flexibility index (Phi) is 18.0. The number of rotatable bonds is 12. The summed E-state index contributed by atoms with van der Waals surface area (Å²) >= 11 is 0. The topological polar surface area (TPSA) is 391 Å². The number of carboxylic acids is 2. The van der Waals surface area contributed by atoms with Gasteiger partial charge in [0.15, 0.2) is 5.69 Å². The first-order valence-electron chi connectivity index (χ1n) is 20.9. The van der Waals surface area contributed by atoms with Crippen molar-refractivity contribution >= 4 is 52.8 Å². The van der Waals surface area contributed by atoms with Crippen LogP contribution in [0.3, 0.4) is 0 Å². The van der Waals surface area contributed by atoms with Crippen LogP contribution in [0.15, 0.2) is 62.0 Å². The maximum Gasteiger partial charge on any atom is 0.355 e. The summed E-state index contributed by atoms with van der Waals surface area (Å²) < 4.78 is 32.1. The van der Waals surface area contributed by atoms with Gasteiger partial charge in [-0.1, -0.05) is 0 Å². The average molecular weight is 1010 g/mol. The van der Waals surface area contributed by atoms with Crippen LogP contribution in [0, 0.1) is 27.7 Å². The number of aryl methyl sites for hydroxylation is 4. The van der Waals surface area contributed by atoms with Gasteiger partial charge in [-0.25, -0.2) is 44.1 Å². The maximum atomic E-state index is 11.4. The van der Waals surface area contributed by atoms with E-state index in [-0.39, 0.29) is 36.3 Å². The summed E-state index contributed by atoms with van der Waals surface area (Å²) in [4.78, 5) is 64.4. The van der Waals surface area contributed by atoms with Gasteiger partial charge in [-0.05, 0) is 52.0 Å². The second kappa shape index (κ2) is 24.8. The molecule has 32 nitrogen and oxygen atoms in total. The zero-order valence-corrected chi connectivity index (χ0v) is 39.8. The van der Waals surface area contributed by atoms with Gasteiger partial charge >= 0.3 is 23.9 Å². The molecule has 0 spiro atoms. The van der Waals surface area contributed by atoms with Gasteiger partial charge < -0.3 is 39.0 Å². The number of fused-ring (bicyclic) bond motifs is 5. The van der Waals surface area contributed by atoms with E-state index < -0.39 is 23.9 Å². The molecule has 32 heteroatoms. The number of carbonyl (C=O) groups excluding carboxylic acids is 2. The Balaban J connectivity index is 0.000000150. The molecule has 0 radical (unpaired) electrons. The lowest BCUT2D eigenvalue weighted by Crippen LogP contribution is -2.12. The van der Waals surface area contributed by atoms with Crippen molar-refractivity contribution in [3.63, 3.8) is 0 Å². The number of hydrogen-bond acceptors (Lipinski definition) is 25. The molecule has 0 aliphatic rings. The molecule has 10 heterocycles. The highest BCUT2D eigenvalue weighted by Gasteiger charge is 2.18. The molecule has 0 fully saturated rings. The van der Waals surface area contributed by atoms with Crippen molar-refractivity contribution in [2.24, 2.45) is 0 Å². The smallest absolute Gasteiger partial charge is 0.355 e. The number of carboxylic acid groups (broad SMARTS) is 2. The standard InChI is InChI=1S/C11H16N4O3.C8H6N4O4.C8H8N4O2.C7H6N4O2.C7H8N4O/c1-9-5-10(6-18-8-17-4-3-16-2)15-7-12-14-11(15)13-9;1-16-7(15)5-2-4(6(13)14)10-8-11-9-3-12(5)8;1-5-3-6(7(13)14-2)12-4-9-11-8(12)10-5;1-4-2-5(6(12)13)11-3-8-10-7(11)9-4;1-5-2-6(3-12)11-4-8-10-7(11)9-5/h5,7H,3-4,6,8H2,1-2H3;2-3H,1H3,(H,13,14);3-4H,1-2H3;2-3H,1H3,(H,12,13);2,4,12H,3H2,1H3. The van der Waals surface area contributed by atoms with E-state index in [9.17, 15) is 19.2 Å². The largest absolute Gasteiger partial charge is 0.477 e. The van der Waals surface area contributed by atoms with Crippen molar-refractivity contribution in [3.8, 4) is 0 Å². The summed E-state index contributed by atoms with van der Waals surface area (Å²) in [6.07, 6.45) is 7.15. The predicted octanol–water partition coefficient (Wildman–Crippen LogP) is 0.454. The number of hydrogen-bond donors (Lipinski definition) is 3. The van der Waals surface area contributed by atoms with Crippen LogP contribution in [0.25, 0.3) is 28.9 Å². The first kappa shape index (κ1) is 52.8. The van der Waals surface area contributed by atoms with Gasteiger partial charge in [0.25, 0.3) is 28.9 Å². The Morgan fingerprint density at radius 3 is 1.33 bits per heavy atom. The van der Waals surface area contributed by atoms with Gasteiger partial charge in [0.2, 0.25) is 0 Å². The van der Waals surface area contributed by atoms with Crippen LogP contribution in [-0.2, 0) is 36.9 Å². The number of esters is 2. The second-order valence-electron chi connectivity index (χ2n) is 14.5. The minimum atomic E-state index is -1.25. The molecule has 10 aromatic rings. The number of aliphatic hydroxyl groups is 1. The lowest BCUT2D eigenvalue weighted by molar-refractivity contribution is -0.0734. The van der Waals surface area contributed by atoms with Crippen molar-refractivity contribution in [2.75, 3.05) is 41.3 Å². The highest BCUT2D eigenvalue weighted by molar-refractivity contribution is 5.93. The monoisotopic (exact) mass is 1010 g/mol. The molecule has 0 aliphatic carbocycles. The van der Waals surface area contributed by atoms with Crippen LogP contribution >= 0.6 is 0 Å². The van der Waals surface area contributed by atoms with E-state index in [1.807, 2.05) is 19.9 Å². The van der Waals surface area contributed by atoms with E-state index in [1.54, 1.807) is 48.2 Å². The van der Waals surface area contributed by atoms with Crippen LogP contribution in [0.2, 0.25) is 0 Å². The zero-order valence-electron chi connectivity index (χ0n) is 39.8. The molecule has 10 rings (SSSR count). The summed E-state index contributed by atoms with van der Waals surface area (Å²) in [5.74, 6) is -1.56. The van der Waals surface area contributed by atoms with E-state index in [2.05, 4.69) is 85.4 Å². The average Bonchev–Trinajstić information content (AvgIpc) is 4.25. The van der Waals surface area contributed by atoms with Crippen LogP contribution < -0.4 is 0 Å². The molecular formula is C41H44N20O12. The van der Waals surface area contributed by atoms with Crippen LogP contribution in [0.4, 0.5) is 0 Å². The third-order valence-corrected chi connectivity index (χ3v) is 9.33. The fourth-order valence-corrected chi connectivity index (χ4v) is 6.13. The fraction of sp³-hybridized carbons (Fsp3) is 0.293. The number of methoxy groups -OCH3 is 3. The Labute approximate surface area is 409 Å². The van der Waals surface area contributed by atoms with E-state index in [0.717, 1.165) is 28.8 Å². The summed E-state index contributed by atoms with van der Waals surface area (Å²) in [7, 11) is 4.15. The number of carbonyl (C=O) groups is 4. The first-order chi connectivity index (χ1) is 35.1. The van der Waals surface area contributed by atoms with E-state index in [1.165, 1.54) is 58.8 Å². The summed E-state index contributed by atoms with van der Waals surface area (Å²) in [6.45, 7) is 8.96. The lowest BCUT2D eigenvalue weighted by Gasteiger charge is -2.07. The molecule has 0 saturated heterocycles. The third kappa shape index (κ3) is 13.4. The number of ether oxygens (including phenoxy) is 5. The highest BCUT2D eigenvalue weighted by atomic mass is 16.7. The third-order valence-electron chi connectivity index (χ3n) is 9.33. The Hall–Kier alpha value is -9.53. The predicted molar refractivity (Wildman–Crippen MR) is 243 cm³/mol. The molecule has 0 saturated carbocycles. The molecule has 0 bridgehead atoms. The molecule has 0 aliphatic heterocycles. The van der Waals surface area contributed by atoms with Crippen molar-refractivity contribution in [3.05, 3.63) is 119 Å². The summed E-state index contributed by atoms with van der Waals surface area (Å²) in [6, 6.07) is 7.94. The van der Waals surface area contributed by atoms with E-state index >= 15 is 0 Å². The number of aliphatic hydroxyl groups excluding tert-OH is 1. The Morgan fingerprint density at radius 1 is 0.479 bits per heavy atom. The van der Waals surface area contributed by atoms with Gasteiger partial charge in [-0.15, -0.1) is 51.0 Å². The highest BCUT2D eigenvalue weighted by Crippen LogP contribution is 2.10. The van der Waals surface area contributed by atoms with Gasteiger partial charge in [-0.2, -0.15) is 0 Å². The fourth-order valence-electron chi connectivity index (χ4n) is 6.13. The molecule has 0 unspecified atom stereocenters. The quantitative estimate of drug-likeness (QED) is 0.0849. The SMILES string of the molecule is COC(=O)c1cc(C(=O)O)nc2nncn12.COC(=O)c1cc(C)nc2nncn12.COCCOCOCc1cc(C)nc2nncn12.Cc1cc(C(=O)O)n2cnnc2n1.Cc1cc(CO)n2cnnc2n1. The lowest BCUT2D eigenvalue weighted by atomic mass is 10.3. The van der Waals surface area contributed by atoms with Crippen LogP contribution in [0.1, 0.15) is 76.1 Å². The molecule has 0 atom stereocenters. The molecule has 380 valence electrons. The summed E-state index contributed by atoms with van der Waals surface area (Å²) in [5.41, 5.74) is 4.93. The number of nitrogens with zero attached hydrogens (tertiary/aromatic N) is 20. The normalized spacial score (nSPS) is 10.7. The Morgan fingerprint density at radius 2 is 0.877 bits per heavy atom. The minimum Gasteiger partial charge on any atom is -0.477 e. The van der Waals surface area contributed by atoms with Crippen molar-refractivity contribution in [1.29, 1.82) is 0 Å². The van der Waals surface area contributed by atoms with Gasteiger partial charge in [-0.3, -0.25) is 22.0 Å². The van der Waals surface area contributed by atoms with Gasteiger partial charge in [0, 0.05) is 36.0 Å². The number of aromatic carboxylic acids is 2.